The van der Waals surface area contributed by atoms with Gasteiger partial charge in [0.15, 0.2) is 10.9 Å². The fourth-order valence-corrected chi connectivity index (χ4v) is 2.76. The Kier molecular flexibility index (Phi) is 4.72. The van der Waals surface area contributed by atoms with Gasteiger partial charge in [0.2, 0.25) is 0 Å². The van der Waals surface area contributed by atoms with E-state index in [1.54, 1.807) is 0 Å². The van der Waals surface area contributed by atoms with E-state index < -0.39 is 0 Å². The minimum Gasteiger partial charge on any atom is -0.451 e. The van der Waals surface area contributed by atoms with E-state index in [0.29, 0.717) is 10.7 Å². The highest BCUT2D eigenvalue weighted by molar-refractivity contribution is 7.80. The number of rotatable bonds is 2. The van der Waals surface area contributed by atoms with Crippen LogP contribution in [0.25, 0.3) is 11.0 Å². The van der Waals surface area contributed by atoms with Crippen LogP contribution in [0, 0.1) is 20.8 Å². The molecule has 1 heterocycles. The van der Waals surface area contributed by atoms with Gasteiger partial charge in [0, 0.05) is 16.6 Å². The highest BCUT2D eigenvalue weighted by Gasteiger charge is 2.17. The molecule has 0 unspecified atom stereocenters. The molecule has 5 nitrogen and oxygen atoms in total. The first-order chi connectivity index (χ1) is 12.0. The molecule has 6 heteroatoms. The lowest BCUT2D eigenvalue weighted by molar-refractivity contribution is 0.0917. The topological polar surface area (TPSA) is 66.3 Å². The van der Waals surface area contributed by atoms with E-state index in [-0.39, 0.29) is 11.7 Å². The molecule has 2 aromatic carbocycles. The molecule has 1 aromatic heterocycles. The van der Waals surface area contributed by atoms with Crippen LogP contribution in [0.3, 0.4) is 0 Å². The van der Waals surface area contributed by atoms with Crippen LogP contribution in [0.1, 0.15) is 27.2 Å². The zero-order valence-corrected chi connectivity index (χ0v) is 15.1. The van der Waals surface area contributed by atoms with Gasteiger partial charge in [0.05, 0.1) is 0 Å². The molecule has 0 fully saturated rings. The highest BCUT2D eigenvalue weighted by atomic mass is 32.1. The molecule has 0 saturated heterocycles. The van der Waals surface area contributed by atoms with Crippen LogP contribution in [-0.4, -0.2) is 11.0 Å². The molecular formula is C19H19N3O2S. The number of aryl methyl sites for hydroxylation is 2. The van der Waals surface area contributed by atoms with Gasteiger partial charge in [-0.1, -0.05) is 30.3 Å². The Hall–Kier alpha value is -2.86. The lowest BCUT2D eigenvalue weighted by atomic mass is 10.1. The van der Waals surface area contributed by atoms with Gasteiger partial charge in [-0.25, -0.2) is 0 Å². The molecule has 0 aliphatic carbocycles. The molecule has 0 saturated carbocycles. The van der Waals surface area contributed by atoms with Crippen LogP contribution in [0.4, 0.5) is 5.69 Å². The van der Waals surface area contributed by atoms with E-state index in [2.05, 4.69) is 16.2 Å². The summed E-state index contributed by atoms with van der Waals surface area (Å²) in [5, 5.41) is 4.30. The third-order valence-electron chi connectivity index (χ3n) is 4.19. The number of hydrazine groups is 1. The summed E-state index contributed by atoms with van der Waals surface area (Å²) in [6, 6.07) is 13.4. The number of carbonyl (C=O) groups excluding carboxylic acids is 1. The second kappa shape index (κ2) is 6.94. The van der Waals surface area contributed by atoms with Crippen molar-refractivity contribution < 1.29 is 9.21 Å². The zero-order valence-electron chi connectivity index (χ0n) is 14.3. The number of anilines is 1. The van der Waals surface area contributed by atoms with Crippen LogP contribution >= 0.6 is 12.2 Å². The van der Waals surface area contributed by atoms with Crippen LogP contribution in [0.15, 0.2) is 46.9 Å². The molecule has 0 aliphatic rings. The lowest BCUT2D eigenvalue weighted by Gasteiger charge is -2.14. The summed E-state index contributed by atoms with van der Waals surface area (Å²) in [6.07, 6.45) is 0. The van der Waals surface area contributed by atoms with Crippen molar-refractivity contribution in [3.8, 4) is 0 Å². The molecule has 128 valence electrons. The van der Waals surface area contributed by atoms with Gasteiger partial charge in [-0.3, -0.25) is 15.6 Å². The summed E-state index contributed by atoms with van der Waals surface area (Å²) in [7, 11) is 0. The van der Waals surface area contributed by atoms with E-state index in [9.17, 15) is 4.79 Å². The summed E-state index contributed by atoms with van der Waals surface area (Å²) < 4.78 is 5.63. The predicted octanol–water partition coefficient (Wildman–Crippen LogP) is 3.99. The van der Waals surface area contributed by atoms with Gasteiger partial charge < -0.3 is 9.73 Å². The van der Waals surface area contributed by atoms with Crippen LogP contribution in [-0.2, 0) is 0 Å². The summed E-state index contributed by atoms with van der Waals surface area (Å²) in [5.74, 6) is -0.109. The average molecular weight is 353 g/mol. The van der Waals surface area contributed by atoms with Crippen LogP contribution in [0.2, 0.25) is 0 Å². The molecule has 25 heavy (non-hydrogen) atoms. The van der Waals surface area contributed by atoms with Crippen molar-refractivity contribution in [2.45, 2.75) is 20.8 Å². The summed E-state index contributed by atoms with van der Waals surface area (Å²) in [5.41, 5.74) is 9.91. The number of fused-ring (bicyclic) bond motifs is 1. The van der Waals surface area contributed by atoms with E-state index in [1.807, 2.05) is 63.2 Å². The SMILES string of the molecule is Cc1cccc(NC(=S)NNC(=O)c2oc3ccccc3c2C)c1C. The molecule has 0 bridgehead atoms. The second-order valence-corrected chi connectivity index (χ2v) is 6.24. The Bertz CT molecular complexity index is 962. The Morgan fingerprint density at radius 2 is 1.72 bits per heavy atom. The van der Waals surface area contributed by atoms with Gasteiger partial charge in [-0.2, -0.15) is 0 Å². The Balaban J connectivity index is 1.66. The smallest absolute Gasteiger partial charge is 0.305 e. The Morgan fingerprint density at radius 1 is 0.960 bits per heavy atom. The van der Waals surface area contributed by atoms with Gasteiger partial charge in [-0.05, 0) is 56.2 Å². The van der Waals surface area contributed by atoms with Crippen molar-refractivity contribution in [1.82, 2.24) is 10.9 Å². The maximum Gasteiger partial charge on any atom is 0.305 e. The number of benzene rings is 2. The number of nitrogens with one attached hydrogen (secondary N) is 3. The quantitative estimate of drug-likeness (QED) is 0.480. The monoisotopic (exact) mass is 353 g/mol. The molecule has 0 spiro atoms. The van der Waals surface area contributed by atoms with Gasteiger partial charge in [0.25, 0.3) is 0 Å². The van der Waals surface area contributed by atoms with E-state index in [0.717, 1.165) is 27.8 Å². The number of furan rings is 1. The molecule has 0 radical (unpaired) electrons. The molecule has 0 aliphatic heterocycles. The molecule has 3 N–H and O–H groups in total. The number of carbonyl (C=O) groups is 1. The number of thiocarbonyl (C=S) groups is 1. The minimum absolute atomic E-state index is 0.267. The summed E-state index contributed by atoms with van der Waals surface area (Å²) in [4.78, 5) is 12.4. The van der Waals surface area contributed by atoms with E-state index in [1.165, 1.54) is 0 Å². The fourth-order valence-electron chi connectivity index (χ4n) is 2.60. The Morgan fingerprint density at radius 3 is 2.48 bits per heavy atom. The number of hydrogen-bond donors (Lipinski definition) is 3. The molecule has 1 amide bonds. The maximum absolute atomic E-state index is 12.4. The van der Waals surface area contributed by atoms with Gasteiger partial charge >= 0.3 is 5.91 Å². The third kappa shape index (κ3) is 3.49. The number of hydrogen-bond acceptors (Lipinski definition) is 3. The first-order valence-corrected chi connectivity index (χ1v) is 8.30. The van der Waals surface area contributed by atoms with Crippen molar-refractivity contribution in [3.63, 3.8) is 0 Å². The molecular weight excluding hydrogens is 334 g/mol. The molecule has 3 rings (SSSR count). The third-order valence-corrected chi connectivity index (χ3v) is 4.40. The zero-order chi connectivity index (χ0) is 18.0. The highest BCUT2D eigenvalue weighted by Crippen LogP contribution is 2.24. The van der Waals surface area contributed by atoms with Crippen molar-refractivity contribution in [1.29, 1.82) is 0 Å². The van der Waals surface area contributed by atoms with Gasteiger partial charge in [-0.15, -0.1) is 0 Å². The average Bonchev–Trinajstić information content (AvgIpc) is 2.94. The first kappa shape index (κ1) is 17.0. The predicted molar refractivity (Wildman–Crippen MR) is 104 cm³/mol. The maximum atomic E-state index is 12.4. The van der Waals surface area contributed by atoms with Crippen LogP contribution < -0.4 is 16.2 Å². The van der Waals surface area contributed by atoms with Crippen LogP contribution in [0.5, 0.6) is 0 Å². The Labute approximate surface area is 151 Å². The van der Waals surface area contributed by atoms with E-state index in [4.69, 9.17) is 16.6 Å². The first-order valence-electron chi connectivity index (χ1n) is 7.89. The molecule has 3 aromatic rings. The molecule has 0 atom stereocenters. The number of para-hydroxylation sites is 1. The normalized spacial score (nSPS) is 10.5. The van der Waals surface area contributed by atoms with Crippen molar-refractivity contribution >= 4 is 39.9 Å². The van der Waals surface area contributed by atoms with Crippen molar-refractivity contribution in [2.75, 3.05) is 5.32 Å². The minimum atomic E-state index is -0.376. The van der Waals surface area contributed by atoms with E-state index >= 15 is 0 Å². The summed E-state index contributed by atoms with van der Waals surface area (Å²) >= 11 is 5.24. The largest absolute Gasteiger partial charge is 0.451 e. The fraction of sp³-hybridized carbons (Fsp3) is 0.158. The lowest BCUT2D eigenvalue weighted by Crippen LogP contribution is -2.43. The summed E-state index contributed by atoms with van der Waals surface area (Å²) in [6.45, 7) is 5.90. The van der Waals surface area contributed by atoms with Crippen molar-refractivity contribution in [3.05, 3.63) is 64.9 Å². The second-order valence-electron chi connectivity index (χ2n) is 5.83. The van der Waals surface area contributed by atoms with Crippen molar-refractivity contribution in [2.24, 2.45) is 0 Å². The van der Waals surface area contributed by atoms with Gasteiger partial charge in [0.1, 0.15) is 5.58 Å². The number of amides is 1. The standard InChI is InChI=1S/C19H19N3O2S/c1-11-7-6-9-15(12(11)2)20-19(25)22-21-18(23)17-13(3)14-8-4-5-10-16(14)24-17/h4-10H,1-3H3,(H,21,23)(H2,20,22,25).